The first-order valence-corrected chi connectivity index (χ1v) is 7.05. The summed E-state index contributed by atoms with van der Waals surface area (Å²) in [6, 6.07) is 0. The van der Waals surface area contributed by atoms with Gasteiger partial charge in [0.25, 0.3) is 0 Å². The van der Waals surface area contributed by atoms with Crippen molar-refractivity contribution in [1.29, 1.82) is 0 Å². The number of carboxylic acids is 1. The Morgan fingerprint density at radius 3 is 2.12 bits per heavy atom. The second-order valence-corrected chi connectivity index (χ2v) is 6.20. The molecule has 1 rings (SSSR count). The van der Waals surface area contributed by atoms with Gasteiger partial charge in [0.2, 0.25) is 15.9 Å². The molecule has 1 aliphatic heterocycles. The van der Waals surface area contributed by atoms with Crippen molar-refractivity contribution in [2.75, 3.05) is 19.3 Å². The molecule has 1 aliphatic rings. The van der Waals surface area contributed by atoms with Crippen LogP contribution in [0.4, 0.5) is 0 Å². The van der Waals surface area contributed by atoms with E-state index in [1.165, 1.54) is 4.31 Å². The first kappa shape index (κ1) is 13.9. The normalized spacial score (nSPS) is 21.0. The summed E-state index contributed by atoms with van der Waals surface area (Å²) in [4.78, 5) is 21.9. The molecule has 1 saturated heterocycles. The molecule has 1 unspecified atom stereocenters. The van der Waals surface area contributed by atoms with Gasteiger partial charge < -0.3 is 10.8 Å². The maximum absolute atomic E-state index is 11.2. The lowest BCUT2D eigenvalue weighted by molar-refractivity contribution is -0.149. The van der Waals surface area contributed by atoms with Crippen molar-refractivity contribution < 1.29 is 23.1 Å². The minimum atomic E-state index is -3.25. The Morgan fingerprint density at radius 1 is 1.35 bits per heavy atom. The lowest BCUT2D eigenvalue weighted by Gasteiger charge is -2.32. The third-order valence-electron chi connectivity index (χ3n) is 3.01. The number of hydrogen-bond acceptors (Lipinski definition) is 4. The van der Waals surface area contributed by atoms with Gasteiger partial charge in [-0.05, 0) is 18.8 Å². The Labute approximate surface area is 99.6 Å². The number of amides is 1. The third-order valence-corrected chi connectivity index (χ3v) is 4.31. The molecule has 98 valence electrons. The minimum Gasteiger partial charge on any atom is -0.481 e. The average Bonchev–Trinajstić information content (AvgIpc) is 2.15. The van der Waals surface area contributed by atoms with Crippen LogP contribution < -0.4 is 5.73 Å². The zero-order valence-electron chi connectivity index (χ0n) is 9.50. The number of hydrogen-bond donors (Lipinski definition) is 2. The second kappa shape index (κ2) is 5.01. The summed E-state index contributed by atoms with van der Waals surface area (Å²) in [7, 11) is -3.25. The number of piperidine rings is 1. The average molecular weight is 264 g/mol. The molecule has 7 nitrogen and oxygen atoms in total. The fourth-order valence-electron chi connectivity index (χ4n) is 2.10. The maximum Gasteiger partial charge on any atom is 0.316 e. The SMILES string of the molecule is CS(=O)(=O)N1CCC(C(C(N)=O)C(=O)O)CC1. The van der Waals surface area contributed by atoms with Gasteiger partial charge in [0.15, 0.2) is 0 Å². The van der Waals surface area contributed by atoms with E-state index in [0.29, 0.717) is 12.8 Å². The number of nitrogens with zero attached hydrogens (tertiary/aromatic N) is 1. The molecule has 0 bridgehead atoms. The highest BCUT2D eigenvalue weighted by Gasteiger charge is 2.36. The van der Waals surface area contributed by atoms with Crippen molar-refractivity contribution in [1.82, 2.24) is 4.31 Å². The van der Waals surface area contributed by atoms with Crippen molar-refractivity contribution >= 4 is 21.9 Å². The van der Waals surface area contributed by atoms with Crippen LogP contribution in [-0.4, -0.2) is 49.1 Å². The molecule has 0 saturated carbocycles. The number of rotatable bonds is 4. The van der Waals surface area contributed by atoms with Gasteiger partial charge in [-0.2, -0.15) is 0 Å². The Bertz CT molecular complexity index is 397. The Balaban J connectivity index is 2.68. The Kier molecular flexibility index (Phi) is 4.10. The number of nitrogens with two attached hydrogens (primary N) is 1. The summed E-state index contributed by atoms with van der Waals surface area (Å²) in [6.45, 7) is 0.473. The van der Waals surface area contributed by atoms with Gasteiger partial charge in [-0.3, -0.25) is 9.59 Å². The summed E-state index contributed by atoms with van der Waals surface area (Å²) < 4.78 is 23.8. The highest BCUT2D eigenvalue weighted by molar-refractivity contribution is 7.88. The van der Waals surface area contributed by atoms with E-state index in [-0.39, 0.29) is 19.0 Å². The molecule has 1 fully saturated rings. The van der Waals surface area contributed by atoms with Crippen LogP contribution in [0.15, 0.2) is 0 Å². The van der Waals surface area contributed by atoms with Crippen LogP contribution in [0, 0.1) is 11.8 Å². The molecule has 0 spiro atoms. The van der Waals surface area contributed by atoms with Crippen molar-refractivity contribution in [3.63, 3.8) is 0 Å². The molecule has 3 N–H and O–H groups in total. The molecule has 0 aromatic heterocycles. The van der Waals surface area contributed by atoms with Crippen molar-refractivity contribution in [3.05, 3.63) is 0 Å². The molecule has 0 radical (unpaired) electrons. The first-order chi connectivity index (χ1) is 7.73. The highest BCUT2D eigenvalue weighted by Crippen LogP contribution is 2.26. The second-order valence-electron chi connectivity index (χ2n) is 4.22. The molecular weight excluding hydrogens is 248 g/mol. The largest absolute Gasteiger partial charge is 0.481 e. The number of carbonyl (C=O) groups excluding carboxylic acids is 1. The van der Waals surface area contributed by atoms with Crippen LogP contribution in [-0.2, 0) is 19.6 Å². The fourth-order valence-corrected chi connectivity index (χ4v) is 2.97. The third kappa shape index (κ3) is 3.40. The van der Waals surface area contributed by atoms with Gasteiger partial charge in [0.05, 0.1) is 6.26 Å². The molecule has 0 aromatic rings. The zero-order valence-corrected chi connectivity index (χ0v) is 10.3. The molecule has 1 amide bonds. The number of primary amides is 1. The van der Waals surface area contributed by atoms with Gasteiger partial charge in [0, 0.05) is 13.1 Å². The van der Waals surface area contributed by atoms with E-state index < -0.39 is 27.8 Å². The van der Waals surface area contributed by atoms with E-state index >= 15 is 0 Å². The van der Waals surface area contributed by atoms with Crippen LogP contribution in [0.25, 0.3) is 0 Å². The van der Waals surface area contributed by atoms with Crippen LogP contribution in [0.5, 0.6) is 0 Å². The highest BCUT2D eigenvalue weighted by atomic mass is 32.2. The smallest absolute Gasteiger partial charge is 0.316 e. The first-order valence-electron chi connectivity index (χ1n) is 5.20. The molecule has 17 heavy (non-hydrogen) atoms. The number of aliphatic carboxylic acids is 1. The lowest BCUT2D eigenvalue weighted by atomic mass is 9.84. The summed E-state index contributed by atoms with van der Waals surface area (Å²) >= 11 is 0. The Morgan fingerprint density at radius 2 is 1.82 bits per heavy atom. The van der Waals surface area contributed by atoms with Crippen LogP contribution in [0.1, 0.15) is 12.8 Å². The predicted molar refractivity (Wildman–Crippen MR) is 59.5 cm³/mol. The number of carbonyl (C=O) groups is 2. The van der Waals surface area contributed by atoms with Crippen LogP contribution in [0.3, 0.4) is 0 Å². The van der Waals surface area contributed by atoms with Gasteiger partial charge in [0.1, 0.15) is 5.92 Å². The molecule has 0 aromatic carbocycles. The molecular formula is C9H16N2O5S. The van der Waals surface area contributed by atoms with E-state index in [9.17, 15) is 18.0 Å². The molecule has 1 atom stereocenters. The lowest BCUT2D eigenvalue weighted by Crippen LogP contribution is -2.44. The monoisotopic (exact) mass is 264 g/mol. The fraction of sp³-hybridized carbons (Fsp3) is 0.778. The van der Waals surface area contributed by atoms with Crippen LogP contribution in [0.2, 0.25) is 0 Å². The van der Waals surface area contributed by atoms with E-state index in [1.807, 2.05) is 0 Å². The van der Waals surface area contributed by atoms with E-state index in [2.05, 4.69) is 0 Å². The number of carboxylic acid groups (broad SMARTS) is 1. The van der Waals surface area contributed by atoms with Crippen molar-refractivity contribution in [2.24, 2.45) is 17.6 Å². The summed E-state index contributed by atoms with van der Waals surface area (Å²) in [5, 5.41) is 8.89. The topological polar surface area (TPSA) is 118 Å². The summed E-state index contributed by atoms with van der Waals surface area (Å²) in [5.74, 6) is -3.72. The van der Waals surface area contributed by atoms with E-state index in [1.54, 1.807) is 0 Å². The Hall–Kier alpha value is -1.15. The molecule has 1 heterocycles. The molecule has 8 heteroatoms. The molecule has 0 aliphatic carbocycles. The minimum absolute atomic E-state index is 0.237. The zero-order chi connectivity index (χ0) is 13.2. The standard InChI is InChI=1S/C9H16N2O5S/c1-17(15,16)11-4-2-6(3-5-11)7(8(10)12)9(13)14/h6-7H,2-5H2,1H3,(H2,10,12)(H,13,14). The van der Waals surface area contributed by atoms with Gasteiger partial charge in [-0.15, -0.1) is 0 Å². The number of sulfonamides is 1. The van der Waals surface area contributed by atoms with E-state index in [4.69, 9.17) is 10.8 Å². The quantitative estimate of drug-likeness (QED) is 0.621. The summed E-state index contributed by atoms with van der Waals surface area (Å²) in [6.07, 6.45) is 1.79. The predicted octanol–water partition coefficient (Wildman–Crippen LogP) is -1.16. The summed E-state index contributed by atoms with van der Waals surface area (Å²) in [5.41, 5.74) is 5.04. The van der Waals surface area contributed by atoms with Gasteiger partial charge in [-0.25, -0.2) is 12.7 Å². The maximum atomic E-state index is 11.2. The van der Waals surface area contributed by atoms with Crippen molar-refractivity contribution in [3.8, 4) is 0 Å². The van der Waals surface area contributed by atoms with Crippen LogP contribution >= 0.6 is 0 Å². The van der Waals surface area contributed by atoms with E-state index in [0.717, 1.165) is 6.26 Å². The van der Waals surface area contributed by atoms with Gasteiger partial charge >= 0.3 is 5.97 Å². The van der Waals surface area contributed by atoms with Gasteiger partial charge in [-0.1, -0.05) is 0 Å². The van der Waals surface area contributed by atoms with Crippen molar-refractivity contribution in [2.45, 2.75) is 12.8 Å².